The summed E-state index contributed by atoms with van der Waals surface area (Å²) < 4.78 is 5.21. The molecule has 0 bridgehead atoms. The molecule has 1 atom stereocenters. The van der Waals surface area contributed by atoms with E-state index in [1.807, 2.05) is 19.1 Å². The average molecular weight is 341 g/mol. The third kappa shape index (κ3) is 5.91. The molecule has 6 nitrogen and oxygen atoms in total. The second-order valence-corrected chi connectivity index (χ2v) is 6.69. The largest absolute Gasteiger partial charge is 0.444 e. The topological polar surface area (TPSA) is 80.3 Å². The van der Waals surface area contributed by atoms with Crippen molar-refractivity contribution in [2.24, 2.45) is 0 Å². The van der Waals surface area contributed by atoms with E-state index in [0.717, 1.165) is 5.56 Å². The van der Waals surface area contributed by atoms with Gasteiger partial charge in [-0.2, -0.15) is 0 Å². The number of aromatic nitrogens is 1. The zero-order chi connectivity index (χ0) is 18.4. The molecule has 0 saturated carbocycles. The van der Waals surface area contributed by atoms with Gasteiger partial charge in [0.15, 0.2) is 0 Å². The Bertz CT molecular complexity index is 739. The zero-order valence-electron chi connectivity index (χ0n) is 14.9. The highest BCUT2D eigenvalue weighted by atomic mass is 16.6. The van der Waals surface area contributed by atoms with Crippen LogP contribution < -0.4 is 10.6 Å². The van der Waals surface area contributed by atoms with Gasteiger partial charge >= 0.3 is 6.09 Å². The fourth-order valence-corrected chi connectivity index (χ4v) is 2.16. The van der Waals surface area contributed by atoms with Crippen LogP contribution in [0.25, 0.3) is 0 Å². The van der Waals surface area contributed by atoms with Crippen LogP contribution in [0.5, 0.6) is 0 Å². The smallest absolute Gasteiger partial charge is 0.412 e. The van der Waals surface area contributed by atoms with Gasteiger partial charge in [-0.15, -0.1) is 0 Å². The molecule has 2 aromatic rings. The Morgan fingerprint density at radius 1 is 1.16 bits per heavy atom. The lowest BCUT2D eigenvalue weighted by atomic mass is 10.1. The van der Waals surface area contributed by atoms with E-state index in [4.69, 9.17) is 4.74 Å². The molecule has 2 N–H and O–H groups in total. The molecule has 132 valence electrons. The van der Waals surface area contributed by atoms with Crippen molar-refractivity contribution in [2.75, 3.05) is 5.32 Å². The molecular formula is C19H23N3O3. The normalized spacial score (nSPS) is 12.2. The lowest BCUT2D eigenvalue weighted by Gasteiger charge is -2.20. The van der Waals surface area contributed by atoms with Gasteiger partial charge in [-0.25, -0.2) is 4.79 Å². The molecule has 0 fully saturated rings. The lowest BCUT2D eigenvalue weighted by molar-refractivity contribution is 0.0635. The number of nitrogens with zero attached hydrogens (tertiary/aromatic N) is 1. The standard InChI is InChI=1S/C19H23N3O3/c1-13(15-8-6-10-20-12-15)21-17(23)14-7-5-9-16(11-14)22-18(24)25-19(2,3)4/h5-13H,1-4H3,(H,21,23)(H,22,24)/t13-/m1/s1. The molecule has 0 aliphatic rings. The summed E-state index contributed by atoms with van der Waals surface area (Å²) in [4.78, 5) is 28.3. The number of hydrogen-bond acceptors (Lipinski definition) is 4. The van der Waals surface area contributed by atoms with Gasteiger partial charge in [0, 0.05) is 23.6 Å². The van der Waals surface area contributed by atoms with Gasteiger partial charge in [0.05, 0.1) is 6.04 Å². The predicted molar refractivity (Wildman–Crippen MR) is 96.4 cm³/mol. The van der Waals surface area contributed by atoms with E-state index in [-0.39, 0.29) is 11.9 Å². The quantitative estimate of drug-likeness (QED) is 0.883. The van der Waals surface area contributed by atoms with Gasteiger partial charge in [0.1, 0.15) is 5.60 Å². The first-order valence-electron chi connectivity index (χ1n) is 8.05. The van der Waals surface area contributed by atoms with Gasteiger partial charge in [-0.05, 0) is 57.5 Å². The van der Waals surface area contributed by atoms with Crippen molar-refractivity contribution in [3.05, 3.63) is 59.9 Å². The van der Waals surface area contributed by atoms with Crippen LogP contribution in [0.3, 0.4) is 0 Å². The van der Waals surface area contributed by atoms with Gasteiger partial charge in [-0.1, -0.05) is 12.1 Å². The maximum Gasteiger partial charge on any atom is 0.412 e. The number of pyridine rings is 1. The number of ether oxygens (including phenoxy) is 1. The van der Waals surface area contributed by atoms with E-state index in [2.05, 4.69) is 15.6 Å². The molecule has 6 heteroatoms. The van der Waals surface area contributed by atoms with E-state index < -0.39 is 11.7 Å². The molecule has 0 spiro atoms. The average Bonchev–Trinajstić information content (AvgIpc) is 2.54. The molecular weight excluding hydrogens is 318 g/mol. The Morgan fingerprint density at radius 2 is 1.92 bits per heavy atom. The number of nitrogens with one attached hydrogen (secondary N) is 2. The zero-order valence-corrected chi connectivity index (χ0v) is 14.9. The second kappa shape index (κ2) is 7.79. The van der Waals surface area contributed by atoms with Crippen LogP contribution in [0.2, 0.25) is 0 Å². The molecule has 0 unspecified atom stereocenters. The van der Waals surface area contributed by atoms with Crippen LogP contribution in [0, 0.1) is 0 Å². The number of carbonyl (C=O) groups is 2. The molecule has 0 aliphatic heterocycles. The summed E-state index contributed by atoms with van der Waals surface area (Å²) in [7, 11) is 0. The van der Waals surface area contributed by atoms with E-state index in [0.29, 0.717) is 11.3 Å². The number of amides is 2. The van der Waals surface area contributed by atoms with Crippen LogP contribution in [0.1, 0.15) is 49.7 Å². The van der Waals surface area contributed by atoms with Crippen LogP contribution in [-0.4, -0.2) is 22.6 Å². The molecule has 0 radical (unpaired) electrons. The minimum atomic E-state index is -0.585. The number of hydrogen-bond donors (Lipinski definition) is 2. The van der Waals surface area contributed by atoms with Gasteiger partial charge in [0.2, 0.25) is 0 Å². The summed E-state index contributed by atoms with van der Waals surface area (Å²) in [6.45, 7) is 7.25. The SMILES string of the molecule is C[C@@H](NC(=O)c1cccc(NC(=O)OC(C)(C)C)c1)c1cccnc1. The molecule has 2 amide bonds. The Hall–Kier alpha value is -2.89. The summed E-state index contributed by atoms with van der Waals surface area (Å²) in [5.41, 5.74) is 1.28. The van der Waals surface area contributed by atoms with Gasteiger partial charge in [0.25, 0.3) is 5.91 Å². The van der Waals surface area contributed by atoms with E-state index in [9.17, 15) is 9.59 Å². The summed E-state index contributed by atoms with van der Waals surface area (Å²) in [6.07, 6.45) is 2.84. The fourth-order valence-electron chi connectivity index (χ4n) is 2.16. The summed E-state index contributed by atoms with van der Waals surface area (Å²) in [5.74, 6) is -0.232. The highest BCUT2D eigenvalue weighted by Crippen LogP contribution is 2.15. The van der Waals surface area contributed by atoms with Crippen molar-refractivity contribution in [2.45, 2.75) is 39.3 Å². The highest BCUT2D eigenvalue weighted by molar-refractivity contribution is 5.96. The molecule has 25 heavy (non-hydrogen) atoms. The number of carbonyl (C=O) groups excluding carboxylic acids is 2. The first kappa shape index (κ1) is 18.4. The van der Waals surface area contributed by atoms with Crippen molar-refractivity contribution in [1.82, 2.24) is 10.3 Å². The van der Waals surface area contributed by atoms with Crippen molar-refractivity contribution in [3.63, 3.8) is 0 Å². The van der Waals surface area contributed by atoms with Crippen LogP contribution in [-0.2, 0) is 4.74 Å². The van der Waals surface area contributed by atoms with Crippen molar-refractivity contribution < 1.29 is 14.3 Å². The first-order chi connectivity index (χ1) is 11.7. The maximum atomic E-state index is 12.4. The summed E-state index contributed by atoms with van der Waals surface area (Å²) in [6, 6.07) is 10.2. The Kier molecular flexibility index (Phi) is 5.75. The van der Waals surface area contributed by atoms with E-state index >= 15 is 0 Å². The van der Waals surface area contributed by atoms with E-state index in [1.54, 1.807) is 57.4 Å². The van der Waals surface area contributed by atoms with E-state index in [1.165, 1.54) is 0 Å². The fraction of sp³-hybridized carbons (Fsp3) is 0.316. The summed E-state index contributed by atoms with van der Waals surface area (Å²) in [5, 5.41) is 5.54. The van der Waals surface area contributed by atoms with Gasteiger partial charge < -0.3 is 10.1 Å². The predicted octanol–water partition coefficient (Wildman–Crippen LogP) is 3.92. The minimum absolute atomic E-state index is 0.177. The summed E-state index contributed by atoms with van der Waals surface area (Å²) >= 11 is 0. The van der Waals surface area contributed by atoms with Crippen LogP contribution in [0.4, 0.5) is 10.5 Å². The number of anilines is 1. The van der Waals surface area contributed by atoms with Crippen molar-refractivity contribution in [3.8, 4) is 0 Å². The van der Waals surface area contributed by atoms with Gasteiger partial charge in [-0.3, -0.25) is 15.1 Å². The van der Waals surface area contributed by atoms with Crippen LogP contribution in [0.15, 0.2) is 48.8 Å². The van der Waals surface area contributed by atoms with Crippen molar-refractivity contribution in [1.29, 1.82) is 0 Å². The lowest BCUT2D eigenvalue weighted by Crippen LogP contribution is -2.28. The van der Waals surface area contributed by atoms with Crippen LogP contribution >= 0.6 is 0 Å². The van der Waals surface area contributed by atoms with Crippen molar-refractivity contribution >= 4 is 17.7 Å². The Morgan fingerprint density at radius 3 is 2.56 bits per heavy atom. The third-order valence-electron chi connectivity index (χ3n) is 3.30. The molecule has 1 aromatic carbocycles. The number of benzene rings is 1. The molecule has 1 heterocycles. The highest BCUT2D eigenvalue weighted by Gasteiger charge is 2.17. The molecule has 2 rings (SSSR count). The second-order valence-electron chi connectivity index (χ2n) is 6.69. The Labute approximate surface area is 147 Å². The molecule has 0 aliphatic carbocycles. The monoisotopic (exact) mass is 341 g/mol. The molecule has 1 aromatic heterocycles. The minimum Gasteiger partial charge on any atom is -0.444 e. The maximum absolute atomic E-state index is 12.4. The third-order valence-corrected chi connectivity index (χ3v) is 3.30. The Balaban J connectivity index is 2.02. The first-order valence-corrected chi connectivity index (χ1v) is 8.05. The number of rotatable bonds is 4. The molecule has 0 saturated heterocycles.